The highest BCUT2D eigenvalue weighted by atomic mass is 15.2. The van der Waals surface area contributed by atoms with Gasteiger partial charge in [-0.25, -0.2) is 4.98 Å². The van der Waals surface area contributed by atoms with Gasteiger partial charge in [0.05, 0.1) is 5.56 Å². The van der Waals surface area contributed by atoms with Crippen molar-refractivity contribution in [3.8, 4) is 0 Å². The van der Waals surface area contributed by atoms with Gasteiger partial charge in [-0.3, -0.25) is 5.41 Å². The monoisotopic (exact) mass is 234 g/mol. The number of anilines is 1. The first-order valence-corrected chi connectivity index (χ1v) is 6.14. The van der Waals surface area contributed by atoms with Crippen LogP contribution < -0.4 is 10.6 Å². The fourth-order valence-corrected chi connectivity index (χ4v) is 1.73. The van der Waals surface area contributed by atoms with E-state index in [1.807, 2.05) is 12.1 Å². The molecule has 0 aliphatic rings. The Balaban J connectivity index is 2.99. The Kier molecular flexibility index (Phi) is 4.94. The molecular formula is C13H22N4. The molecule has 0 saturated heterocycles. The number of nitrogens with one attached hydrogen (secondary N) is 1. The van der Waals surface area contributed by atoms with E-state index in [-0.39, 0.29) is 5.84 Å². The van der Waals surface area contributed by atoms with E-state index in [1.165, 1.54) is 0 Å². The van der Waals surface area contributed by atoms with E-state index in [4.69, 9.17) is 11.1 Å². The summed E-state index contributed by atoms with van der Waals surface area (Å²) in [5.74, 6) is 1.51. The molecule has 1 aromatic heterocycles. The number of hydrogen-bond donors (Lipinski definition) is 2. The molecule has 1 unspecified atom stereocenters. The van der Waals surface area contributed by atoms with Gasteiger partial charge in [-0.05, 0) is 25.0 Å². The lowest BCUT2D eigenvalue weighted by Crippen LogP contribution is -2.31. The zero-order valence-corrected chi connectivity index (χ0v) is 10.9. The molecule has 0 aliphatic heterocycles. The summed E-state index contributed by atoms with van der Waals surface area (Å²) in [6.45, 7) is 8.33. The van der Waals surface area contributed by atoms with Gasteiger partial charge in [-0.2, -0.15) is 0 Å². The van der Waals surface area contributed by atoms with Gasteiger partial charge in [0.1, 0.15) is 11.7 Å². The predicted molar refractivity (Wildman–Crippen MR) is 72.6 cm³/mol. The molecule has 94 valence electrons. The van der Waals surface area contributed by atoms with Gasteiger partial charge < -0.3 is 10.6 Å². The molecule has 1 aromatic rings. The Morgan fingerprint density at radius 2 is 2.24 bits per heavy atom. The summed E-state index contributed by atoms with van der Waals surface area (Å²) in [6, 6.07) is 3.67. The minimum absolute atomic E-state index is 0.0794. The molecule has 0 aromatic carbocycles. The van der Waals surface area contributed by atoms with E-state index in [9.17, 15) is 0 Å². The molecular weight excluding hydrogens is 212 g/mol. The third-order valence-corrected chi connectivity index (χ3v) is 2.99. The van der Waals surface area contributed by atoms with Crippen molar-refractivity contribution in [3.63, 3.8) is 0 Å². The Hall–Kier alpha value is -1.58. The van der Waals surface area contributed by atoms with Crippen LogP contribution in [-0.4, -0.2) is 23.9 Å². The van der Waals surface area contributed by atoms with Crippen molar-refractivity contribution in [1.82, 2.24) is 4.98 Å². The first-order chi connectivity index (χ1) is 8.10. The molecule has 1 atom stereocenters. The van der Waals surface area contributed by atoms with Crippen molar-refractivity contribution in [2.24, 2.45) is 11.7 Å². The van der Waals surface area contributed by atoms with Crippen LogP contribution in [0.4, 0.5) is 5.82 Å². The summed E-state index contributed by atoms with van der Waals surface area (Å²) in [6.07, 6.45) is 2.89. The van der Waals surface area contributed by atoms with Gasteiger partial charge in [0.15, 0.2) is 0 Å². The van der Waals surface area contributed by atoms with Crippen molar-refractivity contribution >= 4 is 11.7 Å². The first kappa shape index (κ1) is 13.5. The molecule has 1 heterocycles. The van der Waals surface area contributed by atoms with E-state index in [1.54, 1.807) is 6.20 Å². The van der Waals surface area contributed by atoms with Crippen LogP contribution >= 0.6 is 0 Å². The zero-order valence-electron chi connectivity index (χ0n) is 10.9. The molecule has 17 heavy (non-hydrogen) atoms. The van der Waals surface area contributed by atoms with Gasteiger partial charge in [0.2, 0.25) is 0 Å². The van der Waals surface area contributed by atoms with Crippen LogP contribution in [0, 0.1) is 11.3 Å². The topological polar surface area (TPSA) is 66.0 Å². The summed E-state index contributed by atoms with van der Waals surface area (Å²) in [7, 11) is 0. The van der Waals surface area contributed by atoms with Crippen molar-refractivity contribution in [3.05, 3.63) is 23.9 Å². The minimum Gasteiger partial charge on any atom is -0.384 e. The molecule has 0 amide bonds. The maximum absolute atomic E-state index is 7.58. The molecule has 4 heteroatoms. The molecule has 0 aliphatic carbocycles. The Bertz CT molecular complexity index is 375. The number of amidine groups is 1. The molecule has 0 bridgehead atoms. The van der Waals surface area contributed by atoms with E-state index >= 15 is 0 Å². The second kappa shape index (κ2) is 6.23. The quantitative estimate of drug-likeness (QED) is 0.586. The Morgan fingerprint density at radius 1 is 1.53 bits per heavy atom. The second-order valence-corrected chi connectivity index (χ2v) is 4.34. The average Bonchev–Trinajstić information content (AvgIpc) is 2.35. The molecule has 0 saturated carbocycles. The van der Waals surface area contributed by atoms with Crippen molar-refractivity contribution < 1.29 is 0 Å². The number of rotatable bonds is 6. The molecule has 0 radical (unpaired) electrons. The third kappa shape index (κ3) is 3.44. The van der Waals surface area contributed by atoms with Crippen molar-refractivity contribution in [2.75, 3.05) is 18.0 Å². The minimum atomic E-state index is 0.0794. The molecule has 0 fully saturated rings. The highest BCUT2D eigenvalue weighted by molar-refractivity contribution is 5.99. The number of hydrogen-bond acceptors (Lipinski definition) is 3. The SMILES string of the molecule is CCC(C)CN(CC)c1ncccc1C(=N)N. The largest absolute Gasteiger partial charge is 0.384 e. The molecule has 0 spiro atoms. The number of nitrogens with zero attached hydrogens (tertiary/aromatic N) is 2. The summed E-state index contributed by atoms with van der Waals surface area (Å²) in [5, 5.41) is 7.58. The van der Waals surface area contributed by atoms with Crippen LogP contribution in [0.15, 0.2) is 18.3 Å². The predicted octanol–water partition coefficient (Wildman–Crippen LogP) is 2.24. The Labute approximate surface area is 103 Å². The molecule has 3 N–H and O–H groups in total. The van der Waals surface area contributed by atoms with E-state index in [0.717, 1.165) is 30.9 Å². The van der Waals surface area contributed by atoms with E-state index < -0.39 is 0 Å². The summed E-state index contributed by atoms with van der Waals surface area (Å²) >= 11 is 0. The van der Waals surface area contributed by atoms with Gasteiger partial charge in [-0.1, -0.05) is 20.3 Å². The van der Waals surface area contributed by atoms with Crippen LogP contribution in [0.5, 0.6) is 0 Å². The van der Waals surface area contributed by atoms with Crippen LogP contribution in [0.2, 0.25) is 0 Å². The maximum Gasteiger partial charge on any atom is 0.139 e. The number of nitrogens with two attached hydrogens (primary N) is 1. The fourth-order valence-electron chi connectivity index (χ4n) is 1.73. The van der Waals surface area contributed by atoms with Crippen LogP contribution in [0.25, 0.3) is 0 Å². The Morgan fingerprint density at radius 3 is 2.76 bits per heavy atom. The lowest BCUT2D eigenvalue weighted by Gasteiger charge is -2.26. The fraction of sp³-hybridized carbons (Fsp3) is 0.538. The van der Waals surface area contributed by atoms with Crippen LogP contribution in [-0.2, 0) is 0 Å². The normalized spacial score (nSPS) is 12.2. The molecule has 1 rings (SSSR count). The van der Waals surface area contributed by atoms with Crippen LogP contribution in [0.1, 0.15) is 32.8 Å². The number of pyridine rings is 1. The van der Waals surface area contributed by atoms with Gasteiger partial charge in [-0.15, -0.1) is 0 Å². The third-order valence-electron chi connectivity index (χ3n) is 2.99. The van der Waals surface area contributed by atoms with Crippen LogP contribution in [0.3, 0.4) is 0 Å². The van der Waals surface area contributed by atoms with Gasteiger partial charge in [0, 0.05) is 19.3 Å². The van der Waals surface area contributed by atoms with Gasteiger partial charge >= 0.3 is 0 Å². The summed E-state index contributed by atoms with van der Waals surface area (Å²) in [4.78, 5) is 6.55. The lowest BCUT2D eigenvalue weighted by molar-refractivity contribution is 0.545. The van der Waals surface area contributed by atoms with E-state index in [2.05, 4.69) is 30.7 Å². The number of nitrogen functional groups attached to an aromatic ring is 1. The highest BCUT2D eigenvalue weighted by Gasteiger charge is 2.14. The lowest BCUT2D eigenvalue weighted by atomic mass is 10.1. The van der Waals surface area contributed by atoms with Gasteiger partial charge in [0.25, 0.3) is 0 Å². The summed E-state index contributed by atoms with van der Waals surface area (Å²) in [5.41, 5.74) is 6.31. The number of aromatic nitrogens is 1. The van der Waals surface area contributed by atoms with Crippen molar-refractivity contribution in [1.29, 1.82) is 5.41 Å². The molecule has 4 nitrogen and oxygen atoms in total. The summed E-state index contributed by atoms with van der Waals surface area (Å²) < 4.78 is 0. The zero-order chi connectivity index (χ0) is 12.8. The first-order valence-electron chi connectivity index (χ1n) is 6.14. The van der Waals surface area contributed by atoms with Crippen molar-refractivity contribution in [2.45, 2.75) is 27.2 Å². The maximum atomic E-state index is 7.58. The standard InChI is InChI=1S/C13H22N4/c1-4-10(3)9-17(5-2)13-11(12(14)15)7-6-8-16-13/h6-8,10H,4-5,9H2,1-3H3,(H3,14,15). The average molecular weight is 234 g/mol. The smallest absolute Gasteiger partial charge is 0.139 e. The second-order valence-electron chi connectivity index (χ2n) is 4.34. The highest BCUT2D eigenvalue weighted by Crippen LogP contribution is 2.18. The van der Waals surface area contributed by atoms with E-state index in [0.29, 0.717) is 5.92 Å².